The van der Waals surface area contributed by atoms with E-state index in [-0.39, 0.29) is 18.0 Å². The third-order valence-corrected chi connectivity index (χ3v) is 2.90. The van der Waals surface area contributed by atoms with E-state index in [1.165, 1.54) is 6.07 Å². The molecule has 2 aromatic rings. The molecule has 1 heterocycles. The molecule has 100 valence electrons. The van der Waals surface area contributed by atoms with E-state index in [1.54, 1.807) is 31.5 Å². The molecule has 1 aromatic carbocycles. The second-order valence-corrected chi connectivity index (χ2v) is 4.59. The van der Waals surface area contributed by atoms with E-state index in [0.717, 1.165) is 5.56 Å². The highest BCUT2D eigenvalue weighted by Gasteiger charge is 2.18. The van der Waals surface area contributed by atoms with Gasteiger partial charge in [-0.3, -0.25) is 4.98 Å². The fourth-order valence-electron chi connectivity index (χ4n) is 1.82. The number of halogens is 1. The highest BCUT2D eigenvalue weighted by atomic mass is 19.1. The maximum Gasteiger partial charge on any atom is 0.140 e. The van der Waals surface area contributed by atoms with Crippen molar-refractivity contribution in [1.29, 1.82) is 0 Å². The Kier molecular flexibility index (Phi) is 4.12. The molecule has 2 rings (SSSR count). The number of nitrogens with two attached hydrogens (primary N) is 1. The van der Waals surface area contributed by atoms with Crippen LogP contribution in [0, 0.1) is 12.7 Å². The Bertz CT molecular complexity index is 543. The van der Waals surface area contributed by atoms with Crippen LogP contribution in [0.25, 0.3) is 0 Å². The van der Waals surface area contributed by atoms with Crippen LogP contribution in [0.15, 0.2) is 42.7 Å². The SMILES string of the molecule is Cc1ccc(OC(c2cccnc2)C(C)N)cc1F. The van der Waals surface area contributed by atoms with Gasteiger partial charge >= 0.3 is 0 Å². The lowest BCUT2D eigenvalue weighted by molar-refractivity contribution is 0.179. The summed E-state index contributed by atoms with van der Waals surface area (Å²) in [5.74, 6) is 0.182. The number of hydrogen-bond donors (Lipinski definition) is 1. The molecule has 0 saturated carbocycles. The van der Waals surface area contributed by atoms with E-state index in [9.17, 15) is 4.39 Å². The molecule has 0 aliphatic rings. The molecular formula is C15H17FN2O. The van der Waals surface area contributed by atoms with Crippen LogP contribution in [0.1, 0.15) is 24.2 Å². The fourth-order valence-corrected chi connectivity index (χ4v) is 1.82. The second-order valence-electron chi connectivity index (χ2n) is 4.59. The molecule has 2 atom stereocenters. The van der Waals surface area contributed by atoms with Gasteiger partial charge in [0.25, 0.3) is 0 Å². The van der Waals surface area contributed by atoms with Crippen LogP contribution < -0.4 is 10.5 Å². The first-order valence-corrected chi connectivity index (χ1v) is 6.16. The molecule has 0 saturated heterocycles. The molecule has 19 heavy (non-hydrogen) atoms. The van der Waals surface area contributed by atoms with Crippen molar-refractivity contribution < 1.29 is 9.13 Å². The lowest BCUT2D eigenvalue weighted by Crippen LogP contribution is -2.29. The van der Waals surface area contributed by atoms with Gasteiger partial charge in [-0.2, -0.15) is 0 Å². The van der Waals surface area contributed by atoms with Crippen molar-refractivity contribution >= 4 is 0 Å². The summed E-state index contributed by atoms with van der Waals surface area (Å²) in [6.45, 7) is 3.56. The van der Waals surface area contributed by atoms with Gasteiger partial charge in [-0.25, -0.2) is 4.39 Å². The molecule has 4 heteroatoms. The number of rotatable bonds is 4. The van der Waals surface area contributed by atoms with Crippen molar-refractivity contribution in [2.45, 2.75) is 26.0 Å². The summed E-state index contributed by atoms with van der Waals surface area (Å²) in [6.07, 6.45) is 3.04. The molecule has 0 fully saturated rings. The van der Waals surface area contributed by atoms with Crippen molar-refractivity contribution in [3.8, 4) is 5.75 Å². The van der Waals surface area contributed by atoms with Gasteiger partial charge in [0.05, 0.1) is 0 Å². The van der Waals surface area contributed by atoms with Crippen LogP contribution in [-0.2, 0) is 0 Å². The van der Waals surface area contributed by atoms with Gasteiger partial charge in [0.1, 0.15) is 17.7 Å². The van der Waals surface area contributed by atoms with Crippen LogP contribution >= 0.6 is 0 Å². The maximum atomic E-state index is 13.5. The predicted molar refractivity (Wildman–Crippen MR) is 72.4 cm³/mol. The van der Waals surface area contributed by atoms with Crippen LogP contribution in [-0.4, -0.2) is 11.0 Å². The minimum Gasteiger partial charge on any atom is -0.484 e. The summed E-state index contributed by atoms with van der Waals surface area (Å²) in [7, 11) is 0. The predicted octanol–water partition coefficient (Wildman–Crippen LogP) is 3.00. The minimum atomic E-state index is -0.351. The molecule has 2 unspecified atom stereocenters. The summed E-state index contributed by atoms with van der Waals surface area (Å²) < 4.78 is 19.3. The van der Waals surface area contributed by atoms with Gasteiger partial charge in [0.15, 0.2) is 0 Å². The van der Waals surface area contributed by atoms with Crippen LogP contribution in [0.2, 0.25) is 0 Å². The molecular weight excluding hydrogens is 243 g/mol. The smallest absolute Gasteiger partial charge is 0.140 e. The zero-order chi connectivity index (χ0) is 13.8. The maximum absolute atomic E-state index is 13.5. The number of ether oxygens (including phenoxy) is 1. The Hall–Kier alpha value is -1.94. The van der Waals surface area contributed by atoms with E-state index < -0.39 is 0 Å². The zero-order valence-electron chi connectivity index (χ0n) is 11.0. The fraction of sp³-hybridized carbons (Fsp3) is 0.267. The summed E-state index contributed by atoms with van der Waals surface area (Å²) in [6, 6.07) is 8.29. The summed E-state index contributed by atoms with van der Waals surface area (Å²) in [5.41, 5.74) is 7.40. The first-order valence-electron chi connectivity index (χ1n) is 6.16. The van der Waals surface area contributed by atoms with Crippen molar-refractivity contribution in [1.82, 2.24) is 4.98 Å². The van der Waals surface area contributed by atoms with Gasteiger partial charge < -0.3 is 10.5 Å². The van der Waals surface area contributed by atoms with Crippen LogP contribution in [0.5, 0.6) is 5.75 Å². The van der Waals surface area contributed by atoms with E-state index in [1.807, 2.05) is 19.1 Å². The van der Waals surface area contributed by atoms with E-state index in [2.05, 4.69) is 4.98 Å². The lowest BCUT2D eigenvalue weighted by atomic mass is 10.1. The number of benzene rings is 1. The highest BCUT2D eigenvalue weighted by Crippen LogP contribution is 2.25. The van der Waals surface area contributed by atoms with E-state index in [0.29, 0.717) is 11.3 Å². The zero-order valence-corrected chi connectivity index (χ0v) is 11.0. The molecule has 0 bridgehead atoms. The van der Waals surface area contributed by atoms with Gasteiger partial charge in [0.2, 0.25) is 0 Å². The topological polar surface area (TPSA) is 48.1 Å². The van der Waals surface area contributed by atoms with Crippen LogP contribution in [0.3, 0.4) is 0 Å². The number of nitrogens with zero attached hydrogens (tertiary/aromatic N) is 1. The third-order valence-electron chi connectivity index (χ3n) is 2.90. The average molecular weight is 260 g/mol. The van der Waals surface area contributed by atoms with Crippen molar-refractivity contribution in [2.75, 3.05) is 0 Å². The number of hydrogen-bond acceptors (Lipinski definition) is 3. The molecule has 0 amide bonds. The van der Waals surface area contributed by atoms with Crippen molar-refractivity contribution in [2.24, 2.45) is 5.73 Å². The first kappa shape index (κ1) is 13.5. The molecule has 0 radical (unpaired) electrons. The summed E-state index contributed by atoms with van der Waals surface area (Å²) in [4.78, 5) is 4.05. The Morgan fingerprint density at radius 1 is 1.32 bits per heavy atom. The monoisotopic (exact) mass is 260 g/mol. The Labute approximate surface area is 112 Å². The quantitative estimate of drug-likeness (QED) is 0.919. The average Bonchev–Trinajstić information content (AvgIpc) is 2.40. The molecule has 3 nitrogen and oxygen atoms in total. The Morgan fingerprint density at radius 2 is 2.11 bits per heavy atom. The van der Waals surface area contributed by atoms with Gasteiger partial charge in [0, 0.05) is 30.1 Å². The standard InChI is InChI=1S/C15H17FN2O/c1-10-5-6-13(8-14(10)16)19-15(11(2)17)12-4-3-7-18-9-12/h3-9,11,15H,17H2,1-2H3. The Balaban J connectivity index is 2.24. The third kappa shape index (κ3) is 3.29. The molecule has 0 aliphatic heterocycles. The molecule has 0 aliphatic carbocycles. The van der Waals surface area contributed by atoms with Gasteiger partial charge in [-0.05, 0) is 31.5 Å². The Morgan fingerprint density at radius 3 is 2.68 bits per heavy atom. The van der Waals surface area contributed by atoms with E-state index in [4.69, 9.17) is 10.5 Å². The number of aryl methyl sites for hydroxylation is 1. The van der Waals surface area contributed by atoms with Crippen molar-refractivity contribution in [3.05, 3.63) is 59.7 Å². The molecule has 1 aromatic heterocycles. The van der Waals surface area contributed by atoms with Crippen molar-refractivity contribution in [3.63, 3.8) is 0 Å². The van der Waals surface area contributed by atoms with Crippen LogP contribution in [0.4, 0.5) is 4.39 Å². The van der Waals surface area contributed by atoms with Gasteiger partial charge in [-0.15, -0.1) is 0 Å². The molecule has 0 spiro atoms. The second kappa shape index (κ2) is 5.80. The first-order chi connectivity index (χ1) is 9.08. The molecule has 2 N–H and O–H groups in total. The lowest BCUT2D eigenvalue weighted by Gasteiger charge is -2.22. The summed E-state index contributed by atoms with van der Waals surface area (Å²) in [5, 5.41) is 0. The van der Waals surface area contributed by atoms with E-state index >= 15 is 0 Å². The number of pyridine rings is 1. The number of aromatic nitrogens is 1. The normalized spacial score (nSPS) is 13.9. The highest BCUT2D eigenvalue weighted by molar-refractivity contribution is 5.29. The summed E-state index contributed by atoms with van der Waals surface area (Å²) >= 11 is 0. The minimum absolute atomic E-state index is 0.228. The largest absolute Gasteiger partial charge is 0.484 e. The van der Waals surface area contributed by atoms with Gasteiger partial charge in [-0.1, -0.05) is 12.1 Å².